The van der Waals surface area contributed by atoms with Crippen LogP contribution < -0.4 is 5.32 Å². The Morgan fingerprint density at radius 2 is 1.90 bits per heavy atom. The highest BCUT2D eigenvalue weighted by atomic mass is 16.5. The lowest BCUT2D eigenvalue weighted by Crippen LogP contribution is -2.29. The van der Waals surface area contributed by atoms with Crippen LogP contribution in [0.3, 0.4) is 0 Å². The Kier molecular flexibility index (Phi) is 4.79. The molecule has 0 aliphatic rings. The van der Waals surface area contributed by atoms with Crippen LogP contribution in [0.5, 0.6) is 0 Å². The number of nitrogens with one attached hydrogen (secondary N) is 1. The van der Waals surface area contributed by atoms with Crippen molar-refractivity contribution < 1.29 is 4.52 Å². The molecule has 0 aliphatic heterocycles. The van der Waals surface area contributed by atoms with E-state index in [1.807, 2.05) is 14.0 Å². The summed E-state index contributed by atoms with van der Waals surface area (Å²) in [5.41, 5.74) is 1.00. The SMILES string of the molecule is CNC(Cc1nc(-c2ncc(C)cn2)no1)CC(C)C. The van der Waals surface area contributed by atoms with Crippen LogP contribution in [0.2, 0.25) is 0 Å². The largest absolute Gasteiger partial charge is 0.339 e. The number of aryl methyl sites for hydroxylation is 1. The van der Waals surface area contributed by atoms with Gasteiger partial charge in [0.25, 0.3) is 0 Å². The Bertz CT molecular complexity index is 535. The molecule has 1 unspecified atom stereocenters. The Morgan fingerprint density at radius 1 is 1.20 bits per heavy atom. The van der Waals surface area contributed by atoms with E-state index in [2.05, 4.69) is 39.3 Å². The van der Waals surface area contributed by atoms with Gasteiger partial charge in [-0.1, -0.05) is 19.0 Å². The van der Waals surface area contributed by atoms with Crippen LogP contribution in [-0.2, 0) is 6.42 Å². The molecule has 0 amide bonds. The van der Waals surface area contributed by atoms with E-state index in [0.29, 0.717) is 35.9 Å². The average molecular weight is 275 g/mol. The number of likely N-dealkylation sites (N-methyl/N-ethyl adjacent to an activating group) is 1. The van der Waals surface area contributed by atoms with Crippen molar-refractivity contribution in [3.05, 3.63) is 23.8 Å². The lowest BCUT2D eigenvalue weighted by molar-refractivity contribution is 0.345. The van der Waals surface area contributed by atoms with Crippen molar-refractivity contribution in [2.24, 2.45) is 5.92 Å². The van der Waals surface area contributed by atoms with Gasteiger partial charge >= 0.3 is 0 Å². The minimum atomic E-state index is 0.335. The number of nitrogens with zero attached hydrogens (tertiary/aromatic N) is 4. The zero-order valence-corrected chi connectivity index (χ0v) is 12.4. The molecule has 6 heteroatoms. The van der Waals surface area contributed by atoms with Gasteiger partial charge in [-0.2, -0.15) is 4.98 Å². The van der Waals surface area contributed by atoms with E-state index in [0.717, 1.165) is 12.0 Å². The molecule has 0 fully saturated rings. The first-order chi connectivity index (χ1) is 9.58. The van der Waals surface area contributed by atoms with Crippen molar-refractivity contribution in [2.75, 3.05) is 7.05 Å². The molecule has 0 bridgehead atoms. The molecule has 0 aromatic carbocycles. The third-order valence-electron chi connectivity index (χ3n) is 3.03. The van der Waals surface area contributed by atoms with Gasteiger partial charge in [0.05, 0.1) is 0 Å². The molecular formula is C14H21N5O. The maximum atomic E-state index is 5.28. The second kappa shape index (κ2) is 6.56. The van der Waals surface area contributed by atoms with E-state index in [9.17, 15) is 0 Å². The normalized spacial score (nSPS) is 12.8. The number of hydrogen-bond acceptors (Lipinski definition) is 6. The van der Waals surface area contributed by atoms with Gasteiger partial charge in [-0.15, -0.1) is 0 Å². The molecule has 108 valence electrons. The molecule has 2 aromatic rings. The summed E-state index contributed by atoms with van der Waals surface area (Å²) in [7, 11) is 1.95. The fourth-order valence-electron chi connectivity index (χ4n) is 2.02. The lowest BCUT2D eigenvalue weighted by atomic mass is 10.0. The molecular weight excluding hydrogens is 254 g/mol. The molecule has 2 rings (SSSR count). The quantitative estimate of drug-likeness (QED) is 0.869. The summed E-state index contributed by atoms with van der Waals surface area (Å²) in [5, 5.41) is 7.22. The first-order valence-corrected chi connectivity index (χ1v) is 6.87. The van der Waals surface area contributed by atoms with Crippen LogP contribution in [0, 0.1) is 12.8 Å². The van der Waals surface area contributed by atoms with Gasteiger partial charge in [0, 0.05) is 24.9 Å². The first kappa shape index (κ1) is 14.6. The third kappa shape index (κ3) is 3.84. The Morgan fingerprint density at radius 3 is 2.50 bits per heavy atom. The molecule has 2 aromatic heterocycles. The maximum absolute atomic E-state index is 5.28. The smallest absolute Gasteiger partial charge is 0.240 e. The van der Waals surface area contributed by atoms with Gasteiger partial charge in [-0.25, -0.2) is 9.97 Å². The first-order valence-electron chi connectivity index (χ1n) is 6.87. The third-order valence-corrected chi connectivity index (χ3v) is 3.03. The number of rotatable bonds is 6. The predicted octanol–water partition coefficient (Wildman–Crippen LogP) is 2.01. The molecule has 1 N–H and O–H groups in total. The van der Waals surface area contributed by atoms with E-state index in [1.165, 1.54) is 0 Å². The van der Waals surface area contributed by atoms with Crippen LogP contribution in [0.4, 0.5) is 0 Å². The van der Waals surface area contributed by atoms with E-state index in [-0.39, 0.29) is 0 Å². The summed E-state index contributed by atoms with van der Waals surface area (Å²) >= 11 is 0. The van der Waals surface area contributed by atoms with Crippen molar-refractivity contribution in [1.29, 1.82) is 0 Å². The highest BCUT2D eigenvalue weighted by molar-refractivity contribution is 5.40. The lowest BCUT2D eigenvalue weighted by Gasteiger charge is -2.15. The molecule has 0 saturated heterocycles. The molecule has 20 heavy (non-hydrogen) atoms. The van der Waals surface area contributed by atoms with Crippen molar-refractivity contribution in [3.8, 4) is 11.6 Å². The van der Waals surface area contributed by atoms with Crippen molar-refractivity contribution in [1.82, 2.24) is 25.4 Å². The van der Waals surface area contributed by atoms with Crippen LogP contribution in [0.25, 0.3) is 11.6 Å². The average Bonchev–Trinajstić information content (AvgIpc) is 2.87. The van der Waals surface area contributed by atoms with E-state index in [4.69, 9.17) is 4.52 Å². The summed E-state index contributed by atoms with van der Waals surface area (Å²) in [5.74, 6) is 2.18. The highest BCUT2D eigenvalue weighted by Crippen LogP contribution is 2.13. The van der Waals surface area contributed by atoms with Gasteiger partial charge in [0.1, 0.15) is 0 Å². The summed E-state index contributed by atoms with van der Waals surface area (Å²) < 4.78 is 5.28. The summed E-state index contributed by atoms with van der Waals surface area (Å²) in [4.78, 5) is 12.8. The topological polar surface area (TPSA) is 76.7 Å². The summed E-state index contributed by atoms with van der Waals surface area (Å²) in [6.07, 6.45) is 5.27. The Balaban J connectivity index is 2.06. The standard InChI is InChI=1S/C14H21N5O/c1-9(2)5-11(15-4)6-12-18-14(19-20-12)13-16-7-10(3)8-17-13/h7-9,11,15H,5-6H2,1-4H3. The predicted molar refractivity (Wildman–Crippen MR) is 76.1 cm³/mol. The number of aromatic nitrogens is 4. The van der Waals surface area contributed by atoms with E-state index < -0.39 is 0 Å². The van der Waals surface area contributed by atoms with Crippen molar-refractivity contribution in [2.45, 2.75) is 39.7 Å². The second-order valence-electron chi connectivity index (χ2n) is 5.42. The highest BCUT2D eigenvalue weighted by Gasteiger charge is 2.16. The monoisotopic (exact) mass is 275 g/mol. The Hall–Kier alpha value is -1.82. The molecule has 0 radical (unpaired) electrons. The molecule has 2 heterocycles. The zero-order chi connectivity index (χ0) is 14.5. The molecule has 0 spiro atoms. The van der Waals surface area contributed by atoms with Crippen LogP contribution in [0.1, 0.15) is 31.7 Å². The van der Waals surface area contributed by atoms with Gasteiger partial charge < -0.3 is 9.84 Å². The van der Waals surface area contributed by atoms with Crippen molar-refractivity contribution in [3.63, 3.8) is 0 Å². The summed E-state index contributed by atoms with van der Waals surface area (Å²) in [6.45, 7) is 6.34. The fourth-order valence-corrected chi connectivity index (χ4v) is 2.02. The van der Waals surface area contributed by atoms with Gasteiger partial charge in [0.15, 0.2) is 0 Å². The van der Waals surface area contributed by atoms with Crippen LogP contribution in [-0.4, -0.2) is 33.2 Å². The maximum Gasteiger partial charge on any atom is 0.240 e. The van der Waals surface area contributed by atoms with Crippen LogP contribution >= 0.6 is 0 Å². The van der Waals surface area contributed by atoms with E-state index >= 15 is 0 Å². The zero-order valence-electron chi connectivity index (χ0n) is 12.4. The van der Waals surface area contributed by atoms with Crippen molar-refractivity contribution >= 4 is 0 Å². The van der Waals surface area contributed by atoms with Gasteiger partial charge in [0.2, 0.25) is 17.5 Å². The molecule has 6 nitrogen and oxygen atoms in total. The minimum absolute atomic E-state index is 0.335. The minimum Gasteiger partial charge on any atom is -0.339 e. The van der Waals surface area contributed by atoms with Gasteiger partial charge in [-0.3, -0.25) is 0 Å². The number of hydrogen-bond donors (Lipinski definition) is 1. The Labute approximate surface area is 119 Å². The molecule has 0 saturated carbocycles. The molecule has 1 atom stereocenters. The fraction of sp³-hybridized carbons (Fsp3) is 0.571. The van der Waals surface area contributed by atoms with E-state index in [1.54, 1.807) is 12.4 Å². The summed E-state index contributed by atoms with van der Waals surface area (Å²) in [6, 6.07) is 0.335. The van der Waals surface area contributed by atoms with Crippen LogP contribution in [0.15, 0.2) is 16.9 Å². The molecule has 0 aliphatic carbocycles. The van der Waals surface area contributed by atoms with Gasteiger partial charge in [-0.05, 0) is 31.9 Å². The second-order valence-corrected chi connectivity index (χ2v) is 5.42.